The Morgan fingerprint density at radius 2 is 2.05 bits per heavy atom. The van der Waals surface area contributed by atoms with Gasteiger partial charge in [-0.15, -0.1) is 0 Å². The highest BCUT2D eigenvalue weighted by Crippen LogP contribution is 2.45. The highest BCUT2D eigenvalue weighted by atomic mass is 35.5. The molecule has 1 saturated heterocycles. The number of hydrogen-bond acceptors (Lipinski definition) is 3. The Labute approximate surface area is 127 Å². The van der Waals surface area contributed by atoms with Gasteiger partial charge in [0.1, 0.15) is 5.66 Å². The third kappa shape index (κ3) is 1.51. The molecule has 1 atom stereocenters. The van der Waals surface area contributed by atoms with Crippen molar-refractivity contribution >= 4 is 23.2 Å². The number of nitrogens with zero attached hydrogens (tertiary/aromatic N) is 1. The van der Waals surface area contributed by atoms with Crippen molar-refractivity contribution in [2.24, 2.45) is 0 Å². The predicted octanol–water partition coefficient (Wildman–Crippen LogP) is 2.18. The van der Waals surface area contributed by atoms with E-state index < -0.39 is 5.66 Å². The van der Waals surface area contributed by atoms with Crippen molar-refractivity contribution in [3.8, 4) is 0 Å². The van der Waals surface area contributed by atoms with E-state index in [1.165, 1.54) is 0 Å². The maximum atomic E-state index is 12.6. The quantitative estimate of drug-likeness (QED) is 0.794. The SMILES string of the molecule is Nc1cc(C23NCCN2C(=O)c2ccccc23)ccc1Cl. The van der Waals surface area contributed by atoms with Crippen molar-refractivity contribution < 1.29 is 4.79 Å². The third-order valence-corrected chi connectivity index (χ3v) is 4.67. The van der Waals surface area contributed by atoms with Crippen molar-refractivity contribution in [3.63, 3.8) is 0 Å². The zero-order valence-electron chi connectivity index (χ0n) is 11.3. The van der Waals surface area contributed by atoms with Crippen LogP contribution in [0.25, 0.3) is 0 Å². The fourth-order valence-corrected chi connectivity index (χ4v) is 3.54. The van der Waals surface area contributed by atoms with Gasteiger partial charge in [0.2, 0.25) is 0 Å². The van der Waals surface area contributed by atoms with E-state index in [0.29, 0.717) is 17.3 Å². The number of rotatable bonds is 1. The summed E-state index contributed by atoms with van der Waals surface area (Å²) in [5.41, 5.74) is 8.54. The van der Waals surface area contributed by atoms with Gasteiger partial charge < -0.3 is 10.6 Å². The molecule has 0 aliphatic carbocycles. The Bertz CT molecular complexity index is 761. The number of nitrogens with two attached hydrogens (primary N) is 1. The standard InChI is InChI=1S/C16H14ClN3O/c17-13-6-5-10(9-14(13)18)16-12-4-2-1-3-11(12)15(21)20(16)8-7-19-16/h1-6,9,19H,7-8,18H2. The first-order chi connectivity index (χ1) is 10.1. The van der Waals surface area contributed by atoms with Crippen LogP contribution in [0.1, 0.15) is 21.5 Å². The van der Waals surface area contributed by atoms with E-state index in [1.54, 1.807) is 6.07 Å². The summed E-state index contributed by atoms with van der Waals surface area (Å²) >= 11 is 6.03. The summed E-state index contributed by atoms with van der Waals surface area (Å²) in [4.78, 5) is 14.5. The van der Waals surface area contributed by atoms with Gasteiger partial charge in [0.05, 0.1) is 10.7 Å². The molecule has 0 bridgehead atoms. The summed E-state index contributed by atoms with van der Waals surface area (Å²) in [6.45, 7) is 1.43. The van der Waals surface area contributed by atoms with Gasteiger partial charge in [0.15, 0.2) is 0 Å². The summed E-state index contributed by atoms with van der Waals surface area (Å²) in [6, 6.07) is 13.3. The molecule has 2 aliphatic heterocycles. The number of benzene rings is 2. The molecule has 106 valence electrons. The number of halogens is 1. The Balaban J connectivity index is 2.00. The average Bonchev–Trinajstić information content (AvgIpc) is 3.03. The Morgan fingerprint density at radius 1 is 1.24 bits per heavy atom. The number of nitrogen functional groups attached to an aromatic ring is 1. The Morgan fingerprint density at radius 3 is 2.86 bits per heavy atom. The molecule has 2 aromatic rings. The minimum atomic E-state index is -0.619. The molecule has 4 nitrogen and oxygen atoms in total. The van der Waals surface area contributed by atoms with Gasteiger partial charge in [-0.25, -0.2) is 0 Å². The predicted molar refractivity (Wildman–Crippen MR) is 82.1 cm³/mol. The van der Waals surface area contributed by atoms with Gasteiger partial charge in [-0.2, -0.15) is 0 Å². The highest BCUT2D eigenvalue weighted by Gasteiger charge is 2.53. The number of hydrogen-bond donors (Lipinski definition) is 2. The van der Waals surface area contributed by atoms with Gasteiger partial charge in [0, 0.05) is 24.2 Å². The number of anilines is 1. The molecule has 21 heavy (non-hydrogen) atoms. The van der Waals surface area contributed by atoms with Crippen LogP contribution in [0, 0.1) is 0 Å². The highest BCUT2D eigenvalue weighted by molar-refractivity contribution is 6.33. The second-order valence-corrected chi connectivity index (χ2v) is 5.78. The summed E-state index contributed by atoms with van der Waals surface area (Å²) in [6.07, 6.45) is 0. The first-order valence-corrected chi connectivity index (χ1v) is 7.24. The molecule has 0 spiro atoms. The molecule has 0 saturated carbocycles. The molecule has 1 fully saturated rings. The molecular weight excluding hydrogens is 286 g/mol. The van der Waals surface area contributed by atoms with Gasteiger partial charge >= 0.3 is 0 Å². The molecule has 4 rings (SSSR count). The summed E-state index contributed by atoms with van der Waals surface area (Å²) in [5.74, 6) is 0.0594. The van der Waals surface area contributed by atoms with Crippen LogP contribution in [0.2, 0.25) is 5.02 Å². The summed E-state index contributed by atoms with van der Waals surface area (Å²) < 4.78 is 0. The minimum Gasteiger partial charge on any atom is -0.398 e. The van der Waals surface area contributed by atoms with Gasteiger partial charge in [-0.3, -0.25) is 10.1 Å². The Kier molecular flexibility index (Phi) is 2.55. The smallest absolute Gasteiger partial charge is 0.256 e. The molecular formula is C16H14ClN3O. The molecule has 5 heteroatoms. The second-order valence-electron chi connectivity index (χ2n) is 5.38. The van der Waals surface area contributed by atoms with E-state index in [2.05, 4.69) is 5.32 Å². The fraction of sp³-hybridized carbons (Fsp3) is 0.188. The monoisotopic (exact) mass is 299 g/mol. The molecule has 0 aromatic heterocycles. The lowest BCUT2D eigenvalue weighted by atomic mass is 9.91. The fourth-order valence-electron chi connectivity index (χ4n) is 3.42. The largest absolute Gasteiger partial charge is 0.398 e. The number of carbonyl (C=O) groups excluding carboxylic acids is 1. The molecule has 2 aliphatic rings. The number of fused-ring (bicyclic) bond motifs is 3. The van der Waals surface area contributed by atoms with Crippen LogP contribution in [-0.2, 0) is 5.66 Å². The summed E-state index contributed by atoms with van der Waals surface area (Å²) in [7, 11) is 0. The first kappa shape index (κ1) is 12.7. The van der Waals surface area contributed by atoms with Crippen molar-refractivity contribution in [1.29, 1.82) is 0 Å². The second kappa shape index (κ2) is 4.23. The van der Waals surface area contributed by atoms with Crippen LogP contribution in [0.15, 0.2) is 42.5 Å². The van der Waals surface area contributed by atoms with Crippen LogP contribution < -0.4 is 11.1 Å². The molecule has 2 aromatic carbocycles. The minimum absolute atomic E-state index is 0.0594. The van der Waals surface area contributed by atoms with E-state index in [-0.39, 0.29) is 5.91 Å². The number of carbonyl (C=O) groups is 1. The maximum absolute atomic E-state index is 12.6. The van der Waals surface area contributed by atoms with E-state index in [0.717, 1.165) is 23.2 Å². The van der Waals surface area contributed by atoms with Crippen LogP contribution in [0.5, 0.6) is 0 Å². The van der Waals surface area contributed by atoms with Gasteiger partial charge in [-0.05, 0) is 23.8 Å². The van der Waals surface area contributed by atoms with Crippen LogP contribution in [0.3, 0.4) is 0 Å². The van der Waals surface area contributed by atoms with Crippen LogP contribution >= 0.6 is 11.6 Å². The zero-order valence-corrected chi connectivity index (χ0v) is 12.0. The Hall–Kier alpha value is -2.04. The number of amides is 1. The average molecular weight is 300 g/mol. The lowest BCUT2D eigenvalue weighted by Crippen LogP contribution is -2.46. The molecule has 1 amide bonds. The first-order valence-electron chi connectivity index (χ1n) is 6.86. The summed E-state index contributed by atoms with van der Waals surface area (Å²) in [5, 5.41) is 4.01. The van der Waals surface area contributed by atoms with E-state index >= 15 is 0 Å². The van der Waals surface area contributed by atoms with Crippen molar-refractivity contribution in [2.75, 3.05) is 18.8 Å². The van der Waals surface area contributed by atoms with Crippen molar-refractivity contribution in [2.45, 2.75) is 5.66 Å². The van der Waals surface area contributed by atoms with Crippen LogP contribution in [0.4, 0.5) is 5.69 Å². The van der Waals surface area contributed by atoms with E-state index in [1.807, 2.05) is 41.3 Å². The number of nitrogens with one attached hydrogen (secondary N) is 1. The van der Waals surface area contributed by atoms with Gasteiger partial charge in [0.25, 0.3) is 5.91 Å². The van der Waals surface area contributed by atoms with Crippen molar-refractivity contribution in [3.05, 3.63) is 64.2 Å². The lowest BCUT2D eigenvalue weighted by molar-refractivity contribution is 0.0694. The molecule has 3 N–H and O–H groups in total. The maximum Gasteiger partial charge on any atom is 0.256 e. The molecule has 1 unspecified atom stereocenters. The lowest BCUT2D eigenvalue weighted by Gasteiger charge is -2.33. The molecule has 2 heterocycles. The molecule has 0 radical (unpaired) electrons. The van der Waals surface area contributed by atoms with E-state index in [9.17, 15) is 4.79 Å². The van der Waals surface area contributed by atoms with E-state index in [4.69, 9.17) is 17.3 Å². The van der Waals surface area contributed by atoms with Crippen molar-refractivity contribution in [1.82, 2.24) is 10.2 Å². The third-order valence-electron chi connectivity index (χ3n) is 4.33. The van der Waals surface area contributed by atoms with Gasteiger partial charge in [-0.1, -0.05) is 35.9 Å². The normalized spacial score (nSPS) is 23.3. The van der Waals surface area contributed by atoms with Crippen LogP contribution in [-0.4, -0.2) is 23.9 Å². The topological polar surface area (TPSA) is 58.4 Å². The zero-order chi connectivity index (χ0) is 14.6.